The molecule has 0 unspecified atom stereocenters. The predicted octanol–water partition coefficient (Wildman–Crippen LogP) is 1.19. The first kappa shape index (κ1) is 21.2. The van der Waals surface area contributed by atoms with Crippen LogP contribution in [0.2, 0.25) is 0 Å². The van der Waals surface area contributed by atoms with Crippen LogP contribution in [0.15, 0.2) is 35.3 Å². The molecule has 1 aliphatic rings. The molecule has 3 heterocycles. The number of nitrogens with one attached hydrogen (secondary N) is 1. The lowest BCUT2D eigenvalue weighted by atomic mass is 9.95. The number of aromatic amines is 1. The fraction of sp³-hybridized carbons (Fsp3) is 0.455. The monoisotopic (exact) mass is 424 g/mol. The Morgan fingerprint density at radius 3 is 2.48 bits per heavy atom. The Kier molecular flexibility index (Phi) is 5.63. The average Bonchev–Trinajstić information content (AvgIpc) is 3.08. The van der Waals surface area contributed by atoms with Crippen molar-refractivity contribution < 1.29 is 9.90 Å². The number of imidazole rings is 1. The van der Waals surface area contributed by atoms with E-state index in [0.29, 0.717) is 29.1 Å². The van der Waals surface area contributed by atoms with Gasteiger partial charge in [0.2, 0.25) is 0 Å². The van der Waals surface area contributed by atoms with Crippen LogP contribution in [0.1, 0.15) is 24.2 Å². The van der Waals surface area contributed by atoms with Crippen LogP contribution in [0.3, 0.4) is 0 Å². The molecule has 2 N–H and O–H groups in total. The molecule has 1 aliphatic heterocycles. The number of aliphatic hydroxyl groups excluding tert-OH is 1. The second-order valence-electron chi connectivity index (χ2n) is 8.94. The third-order valence-corrected chi connectivity index (χ3v) is 5.71. The standard InChI is InChI=1S/C22H28N6O3/c1-22(2,14-29)13-28-19-18(25-21(28)31)23-12-17(24-19)15-4-6-16(7-5-15)20(30)27-10-8-26(3)9-11-27/h4-7,12,29H,8-11,13-14H2,1-3H3,(H,23,25,31). The first-order valence-electron chi connectivity index (χ1n) is 10.4. The van der Waals surface area contributed by atoms with E-state index in [-0.39, 0.29) is 18.2 Å². The van der Waals surface area contributed by atoms with E-state index in [2.05, 4.69) is 26.9 Å². The highest BCUT2D eigenvalue weighted by Gasteiger charge is 2.22. The van der Waals surface area contributed by atoms with E-state index < -0.39 is 5.41 Å². The molecule has 0 aliphatic carbocycles. The van der Waals surface area contributed by atoms with Gasteiger partial charge < -0.3 is 14.9 Å². The van der Waals surface area contributed by atoms with Gasteiger partial charge in [0.05, 0.1) is 11.9 Å². The Morgan fingerprint density at radius 1 is 1.16 bits per heavy atom. The van der Waals surface area contributed by atoms with Gasteiger partial charge in [-0.05, 0) is 19.2 Å². The van der Waals surface area contributed by atoms with Gasteiger partial charge in [-0.15, -0.1) is 0 Å². The summed E-state index contributed by atoms with van der Waals surface area (Å²) in [4.78, 5) is 40.9. The van der Waals surface area contributed by atoms with E-state index >= 15 is 0 Å². The van der Waals surface area contributed by atoms with E-state index in [9.17, 15) is 14.7 Å². The highest BCUT2D eigenvalue weighted by molar-refractivity contribution is 5.94. The molecule has 0 saturated carbocycles. The van der Waals surface area contributed by atoms with E-state index in [1.54, 1.807) is 18.3 Å². The highest BCUT2D eigenvalue weighted by atomic mass is 16.3. The smallest absolute Gasteiger partial charge is 0.328 e. The van der Waals surface area contributed by atoms with Crippen molar-refractivity contribution in [2.45, 2.75) is 20.4 Å². The van der Waals surface area contributed by atoms with E-state index in [0.717, 1.165) is 31.7 Å². The molecule has 1 saturated heterocycles. The average molecular weight is 425 g/mol. The molecule has 1 amide bonds. The van der Waals surface area contributed by atoms with Crippen molar-refractivity contribution in [3.63, 3.8) is 0 Å². The van der Waals surface area contributed by atoms with Gasteiger partial charge >= 0.3 is 5.69 Å². The Morgan fingerprint density at radius 2 is 1.84 bits per heavy atom. The minimum atomic E-state index is -0.470. The molecule has 4 rings (SSSR count). The Bertz CT molecular complexity index is 1140. The molecular formula is C22H28N6O3. The Hall–Kier alpha value is -3.04. The number of hydrogen-bond donors (Lipinski definition) is 2. The molecule has 1 aromatic carbocycles. The maximum absolute atomic E-state index is 12.8. The summed E-state index contributed by atoms with van der Waals surface area (Å²) in [5.74, 6) is 0.0342. The number of aromatic nitrogens is 4. The predicted molar refractivity (Wildman–Crippen MR) is 118 cm³/mol. The number of H-pyrrole nitrogens is 1. The Balaban J connectivity index is 1.60. The van der Waals surface area contributed by atoms with Crippen LogP contribution in [0.25, 0.3) is 22.6 Å². The third-order valence-electron chi connectivity index (χ3n) is 5.71. The minimum absolute atomic E-state index is 0.0342. The Labute approximate surface area is 180 Å². The van der Waals surface area contributed by atoms with Crippen LogP contribution in [-0.2, 0) is 6.54 Å². The quantitative estimate of drug-likeness (QED) is 0.637. The fourth-order valence-corrected chi connectivity index (χ4v) is 3.66. The molecule has 0 spiro atoms. The van der Waals surface area contributed by atoms with Crippen LogP contribution < -0.4 is 5.69 Å². The zero-order chi connectivity index (χ0) is 22.2. The second kappa shape index (κ2) is 8.24. The molecule has 9 nitrogen and oxygen atoms in total. The summed E-state index contributed by atoms with van der Waals surface area (Å²) in [5.41, 5.74) is 2.15. The topological polar surface area (TPSA) is 107 Å². The van der Waals surface area contributed by atoms with Crippen LogP contribution >= 0.6 is 0 Å². The first-order valence-corrected chi connectivity index (χ1v) is 10.4. The molecule has 3 aromatic rings. The van der Waals surface area contributed by atoms with Crippen LogP contribution in [-0.4, -0.2) is 80.2 Å². The number of nitrogens with zero attached hydrogens (tertiary/aromatic N) is 5. The lowest BCUT2D eigenvalue weighted by Crippen LogP contribution is -2.47. The molecular weight excluding hydrogens is 396 g/mol. The maximum atomic E-state index is 12.8. The molecule has 164 valence electrons. The second-order valence-corrected chi connectivity index (χ2v) is 8.94. The largest absolute Gasteiger partial charge is 0.396 e. The number of fused-ring (bicyclic) bond motifs is 1. The summed E-state index contributed by atoms with van der Waals surface area (Å²) >= 11 is 0. The summed E-state index contributed by atoms with van der Waals surface area (Å²) in [6.45, 7) is 7.25. The number of carbonyl (C=O) groups is 1. The van der Waals surface area contributed by atoms with Crippen LogP contribution in [0.4, 0.5) is 0 Å². The van der Waals surface area contributed by atoms with Crippen LogP contribution in [0.5, 0.6) is 0 Å². The number of benzene rings is 1. The molecule has 2 aromatic heterocycles. The van der Waals surface area contributed by atoms with Gasteiger partial charge in [-0.3, -0.25) is 14.3 Å². The van der Waals surface area contributed by atoms with Gasteiger partial charge in [0.25, 0.3) is 5.91 Å². The van der Waals surface area contributed by atoms with Gasteiger partial charge in [0.1, 0.15) is 0 Å². The molecule has 9 heteroatoms. The number of aliphatic hydroxyl groups is 1. The zero-order valence-corrected chi connectivity index (χ0v) is 18.1. The third kappa shape index (κ3) is 4.38. The van der Waals surface area contributed by atoms with Gasteiger partial charge in [-0.25, -0.2) is 14.8 Å². The number of rotatable bonds is 5. The summed E-state index contributed by atoms with van der Waals surface area (Å²) in [5, 5.41) is 9.57. The zero-order valence-electron chi connectivity index (χ0n) is 18.1. The molecule has 0 atom stereocenters. The van der Waals surface area contributed by atoms with Crippen molar-refractivity contribution in [3.05, 3.63) is 46.5 Å². The highest BCUT2D eigenvalue weighted by Crippen LogP contribution is 2.22. The molecule has 31 heavy (non-hydrogen) atoms. The summed E-state index contributed by atoms with van der Waals surface area (Å²) < 4.78 is 1.51. The van der Waals surface area contributed by atoms with Crippen LogP contribution in [0, 0.1) is 5.41 Å². The minimum Gasteiger partial charge on any atom is -0.396 e. The number of carbonyl (C=O) groups excluding carboxylic acids is 1. The molecule has 0 bridgehead atoms. The maximum Gasteiger partial charge on any atom is 0.328 e. The van der Waals surface area contributed by atoms with Gasteiger partial charge in [-0.1, -0.05) is 26.0 Å². The fourth-order valence-electron chi connectivity index (χ4n) is 3.66. The SMILES string of the molecule is CN1CCN(C(=O)c2ccc(-c3cnc4[nH]c(=O)n(CC(C)(C)CO)c4n3)cc2)CC1. The molecule has 0 radical (unpaired) electrons. The lowest BCUT2D eigenvalue weighted by Gasteiger charge is -2.32. The number of likely N-dealkylation sites (N-methyl/N-ethyl adjacent to an activating group) is 1. The van der Waals surface area contributed by atoms with Crippen molar-refractivity contribution in [1.29, 1.82) is 0 Å². The molecule has 1 fully saturated rings. The van der Waals surface area contributed by atoms with Gasteiger partial charge in [0.15, 0.2) is 11.3 Å². The number of hydrogen-bond acceptors (Lipinski definition) is 6. The van der Waals surface area contributed by atoms with Gasteiger partial charge in [0, 0.05) is 55.9 Å². The van der Waals surface area contributed by atoms with Crippen molar-refractivity contribution in [1.82, 2.24) is 29.3 Å². The van der Waals surface area contributed by atoms with Crippen molar-refractivity contribution in [2.75, 3.05) is 39.8 Å². The van der Waals surface area contributed by atoms with Crippen molar-refractivity contribution >= 4 is 17.2 Å². The van der Waals surface area contributed by atoms with E-state index in [4.69, 9.17) is 0 Å². The summed E-state index contributed by atoms with van der Waals surface area (Å²) in [7, 11) is 2.06. The van der Waals surface area contributed by atoms with E-state index in [1.165, 1.54) is 4.57 Å². The van der Waals surface area contributed by atoms with Crippen molar-refractivity contribution in [2.24, 2.45) is 5.41 Å². The van der Waals surface area contributed by atoms with Gasteiger partial charge in [-0.2, -0.15) is 0 Å². The summed E-state index contributed by atoms with van der Waals surface area (Å²) in [6.07, 6.45) is 1.61. The first-order chi connectivity index (χ1) is 14.8. The van der Waals surface area contributed by atoms with Crippen molar-refractivity contribution in [3.8, 4) is 11.3 Å². The number of amides is 1. The number of piperazine rings is 1. The lowest BCUT2D eigenvalue weighted by molar-refractivity contribution is 0.0664. The normalized spacial score (nSPS) is 15.5. The summed E-state index contributed by atoms with van der Waals surface area (Å²) in [6, 6.07) is 7.32. The van der Waals surface area contributed by atoms with E-state index in [1.807, 2.05) is 30.9 Å².